The van der Waals surface area contributed by atoms with E-state index in [-0.39, 0.29) is 12.5 Å². The summed E-state index contributed by atoms with van der Waals surface area (Å²) in [6, 6.07) is 13.7. The van der Waals surface area contributed by atoms with E-state index in [0.717, 1.165) is 5.56 Å². The Balaban J connectivity index is 1.71. The van der Waals surface area contributed by atoms with Gasteiger partial charge in [0.2, 0.25) is 11.8 Å². The van der Waals surface area contributed by atoms with Gasteiger partial charge in [-0.15, -0.1) is 5.10 Å². The standard InChI is InChI=1S/C19H18Cl2N6O2/c1-26(11-17(28)23-18-14(20)8-5-9-15(18)21)19(29)16(27-12-22-24-25-27)10-13-6-3-2-4-7-13/h2-9,12,16H,10-11H2,1H3,(H,23,28). The van der Waals surface area contributed by atoms with Gasteiger partial charge in [0.05, 0.1) is 22.3 Å². The van der Waals surface area contributed by atoms with Gasteiger partial charge in [0.1, 0.15) is 12.4 Å². The zero-order valence-electron chi connectivity index (χ0n) is 15.5. The lowest BCUT2D eigenvalue weighted by Gasteiger charge is -2.23. The van der Waals surface area contributed by atoms with Crippen LogP contribution in [0, 0.1) is 0 Å². The minimum absolute atomic E-state index is 0.187. The molecule has 1 atom stereocenters. The molecule has 3 aromatic rings. The predicted octanol–water partition coefficient (Wildman–Crippen LogP) is 2.86. The molecule has 3 rings (SSSR count). The predicted molar refractivity (Wildman–Crippen MR) is 110 cm³/mol. The van der Waals surface area contributed by atoms with Gasteiger partial charge in [-0.05, 0) is 28.1 Å². The fourth-order valence-electron chi connectivity index (χ4n) is 2.79. The molecule has 0 aliphatic rings. The Morgan fingerprint density at radius 2 is 1.79 bits per heavy atom. The lowest BCUT2D eigenvalue weighted by atomic mass is 10.1. The minimum Gasteiger partial charge on any atom is -0.335 e. The third-order valence-corrected chi connectivity index (χ3v) is 4.86. The Morgan fingerprint density at radius 3 is 2.41 bits per heavy atom. The Kier molecular flexibility index (Phi) is 6.79. The quantitative estimate of drug-likeness (QED) is 0.619. The maximum Gasteiger partial charge on any atom is 0.248 e. The largest absolute Gasteiger partial charge is 0.335 e. The highest BCUT2D eigenvalue weighted by Gasteiger charge is 2.27. The van der Waals surface area contributed by atoms with Crippen LogP contribution in [0.4, 0.5) is 5.69 Å². The first-order valence-corrected chi connectivity index (χ1v) is 9.46. The van der Waals surface area contributed by atoms with Crippen LogP contribution in [0.5, 0.6) is 0 Å². The molecule has 0 aliphatic heterocycles. The monoisotopic (exact) mass is 432 g/mol. The van der Waals surface area contributed by atoms with Crippen LogP contribution < -0.4 is 5.32 Å². The smallest absolute Gasteiger partial charge is 0.248 e. The van der Waals surface area contributed by atoms with Crippen molar-refractivity contribution in [2.45, 2.75) is 12.5 Å². The summed E-state index contributed by atoms with van der Waals surface area (Å²) in [4.78, 5) is 26.8. The molecule has 1 heterocycles. The lowest BCUT2D eigenvalue weighted by molar-refractivity contribution is -0.136. The van der Waals surface area contributed by atoms with Crippen LogP contribution in [0.1, 0.15) is 11.6 Å². The van der Waals surface area contributed by atoms with E-state index < -0.39 is 11.9 Å². The van der Waals surface area contributed by atoms with Crippen molar-refractivity contribution in [3.05, 3.63) is 70.5 Å². The van der Waals surface area contributed by atoms with Crippen LogP contribution >= 0.6 is 23.2 Å². The van der Waals surface area contributed by atoms with Gasteiger partial charge in [0, 0.05) is 13.5 Å². The second-order valence-electron chi connectivity index (χ2n) is 6.33. The maximum absolute atomic E-state index is 13.0. The normalized spacial score (nSPS) is 11.7. The summed E-state index contributed by atoms with van der Waals surface area (Å²) in [5.41, 5.74) is 1.25. The Morgan fingerprint density at radius 1 is 1.10 bits per heavy atom. The van der Waals surface area contributed by atoms with E-state index in [4.69, 9.17) is 23.2 Å². The van der Waals surface area contributed by atoms with E-state index in [1.54, 1.807) is 25.2 Å². The molecule has 0 radical (unpaired) electrons. The Bertz CT molecular complexity index is 961. The molecule has 29 heavy (non-hydrogen) atoms. The number of carbonyl (C=O) groups excluding carboxylic acids is 2. The molecule has 1 unspecified atom stereocenters. The molecule has 2 aromatic carbocycles. The van der Waals surface area contributed by atoms with Gasteiger partial charge in [-0.3, -0.25) is 9.59 Å². The van der Waals surface area contributed by atoms with Gasteiger partial charge in [0.25, 0.3) is 0 Å². The van der Waals surface area contributed by atoms with Gasteiger partial charge in [-0.25, -0.2) is 4.68 Å². The van der Waals surface area contributed by atoms with Crippen molar-refractivity contribution in [2.24, 2.45) is 0 Å². The molecule has 0 spiro atoms. The summed E-state index contributed by atoms with van der Waals surface area (Å²) < 4.78 is 1.38. The van der Waals surface area contributed by atoms with Crippen molar-refractivity contribution in [2.75, 3.05) is 18.9 Å². The minimum atomic E-state index is -0.686. The number of tetrazole rings is 1. The van der Waals surface area contributed by atoms with E-state index in [0.29, 0.717) is 22.2 Å². The second-order valence-corrected chi connectivity index (χ2v) is 7.15. The van der Waals surface area contributed by atoms with Crippen molar-refractivity contribution >= 4 is 40.7 Å². The van der Waals surface area contributed by atoms with E-state index in [2.05, 4.69) is 20.8 Å². The number of rotatable bonds is 7. The zero-order chi connectivity index (χ0) is 20.8. The van der Waals surface area contributed by atoms with E-state index in [1.807, 2.05) is 30.3 Å². The molecule has 0 aliphatic carbocycles. The number of para-hydroxylation sites is 1. The summed E-state index contributed by atoms with van der Waals surface area (Å²) in [6.45, 7) is -0.187. The molecule has 0 fully saturated rings. The number of halogens is 2. The molecule has 10 heteroatoms. The topological polar surface area (TPSA) is 93.0 Å². The van der Waals surface area contributed by atoms with Gasteiger partial charge in [-0.2, -0.15) is 0 Å². The van der Waals surface area contributed by atoms with Gasteiger partial charge in [0.15, 0.2) is 0 Å². The molecule has 150 valence electrons. The summed E-state index contributed by atoms with van der Waals surface area (Å²) in [6.07, 6.45) is 1.76. The molecule has 0 saturated heterocycles. The van der Waals surface area contributed by atoms with Crippen molar-refractivity contribution in [3.8, 4) is 0 Å². The average Bonchev–Trinajstić information content (AvgIpc) is 3.24. The van der Waals surface area contributed by atoms with Crippen molar-refractivity contribution in [1.82, 2.24) is 25.1 Å². The second kappa shape index (κ2) is 9.49. The highest BCUT2D eigenvalue weighted by molar-refractivity contribution is 6.39. The van der Waals surface area contributed by atoms with E-state index >= 15 is 0 Å². The highest BCUT2D eigenvalue weighted by Crippen LogP contribution is 2.29. The first kappa shape index (κ1) is 20.8. The summed E-state index contributed by atoms with van der Waals surface area (Å²) in [5.74, 6) is -0.729. The fourth-order valence-corrected chi connectivity index (χ4v) is 3.28. The summed E-state index contributed by atoms with van der Waals surface area (Å²) in [7, 11) is 1.54. The van der Waals surface area contributed by atoms with Crippen LogP contribution in [0.2, 0.25) is 10.0 Å². The van der Waals surface area contributed by atoms with Crippen LogP contribution in [-0.2, 0) is 16.0 Å². The Labute approximate surface area is 177 Å². The number of amides is 2. The molecule has 0 bridgehead atoms. The number of aromatic nitrogens is 4. The third kappa shape index (κ3) is 5.30. The number of hydrogen-bond donors (Lipinski definition) is 1. The van der Waals surface area contributed by atoms with E-state index in [9.17, 15) is 9.59 Å². The molecule has 8 nitrogen and oxygen atoms in total. The van der Waals surface area contributed by atoms with Crippen LogP contribution in [-0.4, -0.2) is 50.5 Å². The number of benzene rings is 2. The van der Waals surface area contributed by atoms with Crippen LogP contribution in [0.25, 0.3) is 0 Å². The fraction of sp³-hybridized carbons (Fsp3) is 0.211. The molecular weight excluding hydrogens is 415 g/mol. The SMILES string of the molecule is CN(CC(=O)Nc1c(Cl)cccc1Cl)C(=O)C(Cc1ccccc1)n1cnnn1. The number of anilines is 1. The lowest BCUT2D eigenvalue weighted by Crippen LogP contribution is -2.40. The summed E-state index contributed by atoms with van der Waals surface area (Å²) in [5, 5.41) is 14.4. The van der Waals surface area contributed by atoms with Crippen LogP contribution in [0.15, 0.2) is 54.9 Å². The first-order valence-electron chi connectivity index (χ1n) is 8.71. The highest BCUT2D eigenvalue weighted by atomic mass is 35.5. The summed E-state index contributed by atoms with van der Waals surface area (Å²) >= 11 is 12.2. The number of likely N-dealkylation sites (N-methyl/N-ethyl adjacent to an activating group) is 1. The number of hydrogen-bond acceptors (Lipinski definition) is 5. The third-order valence-electron chi connectivity index (χ3n) is 4.23. The van der Waals surface area contributed by atoms with Crippen molar-refractivity contribution in [3.63, 3.8) is 0 Å². The number of carbonyl (C=O) groups is 2. The van der Waals surface area contributed by atoms with Gasteiger partial charge >= 0.3 is 0 Å². The van der Waals surface area contributed by atoms with Gasteiger partial charge < -0.3 is 10.2 Å². The zero-order valence-corrected chi connectivity index (χ0v) is 17.0. The molecule has 1 N–H and O–H groups in total. The van der Waals surface area contributed by atoms with Crippen LogP contribution in [0.3, 0.4) is 0 Å². The number of nitrogens with zero attached hydrogens (tertiary/aromatic N) is 5. The molecule has 2 amide bonds. The Hall–Kier alpha value is -2.97. The number of nitrogens with one attached hydrogen (secondary N) is 1. The first-order chi connectivity index (χ1) is 14.0. The molecule has 1 aromatic heterocycles. The van der Waals surface area contributed by atoms with Crippen molar-refractivity contribution < 1.29 is 9.59 Å². The molecule has 0 saturated carbocycles. The maximum atomic E-state index is 13.0. The van der Waals surface area contributed by atoms with Crippen molar-refractivity contribution in [1.29, 1.82) is 0 Å². The van der Waals surface area contributed by atoms with Gasteiger partial charge in [-0.1, -0.05) is 59.6 Å². The average molecular weight is 433 g/mol. The van der Waals surface area contributed by atoms with E-state index in [1.165, 1.54) is 15.9 Å². The molecular formula is C19H18Cl2N6O2.